The smallest absolute Gasteiger partial charge is 0.406 e. The summed E-state index contributed by atoms with van der Waals surface area (Å²) in [6, 6.07) is 19.3. The van der Waals surface area contributed by atoms with E-state index in [-0.39, 0.29) is 23.7 Å². The molecule has 2 unspecified atom stereocenters. The van der Waals surface area contributed by atoms with Crippen LogP contribution in [0.5, 0.6) is 5.75 Å². The van der Waals surface area contributed by atoms with Crippen molar-refractivity contribution in [1.82, 2.24) is 20.1 Å². The molecule has 6 rings (SSSR count). The lowest BCUT2D eigenvalue weighted by Crippen LogP contribution is -2.36. The van der Waals surface area contributed by atoms with Crippen molar-refractivity contribution in [3.8, 4) is 22.8 Å². The minimum Gasteiger partial charge on any atom is -0.406 e. The number of aromatic nitrogens is 3. The van der Waals surface area contributed by atoms with Crippen LogP contribution in [0.3, 0.4) is 0 Å². The number of nitrogens with one attached hydrogen (secondary N) is 1. The fourth-order valence-corrected chi connectivity index (χ4v) is 6.04. The second kappa shape index (κ2) is 11.8. The molecule has 43 heavy (non-hydrogen) atoms. The number of alkyl halides is 3. The monoisotopic (exact) mass is 606 g/mol. The zero-order chi connectivity index (χ0) is 30.1. The minimum absolute atomic E-state index is 0.0204. The number of thioether (sulfide) groups is 1. The number of aryl methyl sites for hydroxylation is 2. The van der Waals surface area contributed by atoms with Gasteiger partial charge < -0.3 is 15.0 Å². The standard InChI is InChI=1S/C31H29F3N6O2S/c1-19-4-5-20(2)27(16-19)39-14-3-15-43-30(39)37-29(41)36-26-17-25(26)21-6-8-22(9-7-21)28-35-18-40(38-28)23-10-12-24(13-11-23)42-31(32,33)34/h4-13,16,18,25-26H,3,14-15,17H2,1-2H3,(H,36,41)/b37-30-. The van der Waals surface area contributed by atoms with Crippen molar-refractivity contribution in [2.24, 2.45) is 4.99 Å². The summed E-state index contributed by atoms with van der Waals surface area (Å²) in [6.07, 6.45) is -1.37. The van der Waals surface area contributed by atoms with E-state index in [2.05, 4.69) is 62.1 Å². The number of halogens is 3. The minimum atomic E-state index is -4.74. The third-order valence-corrected chi connectivity index (χ3v) is 8.43. The van der Waals surface area contributed by atoms with E-state index in [1.807, 2.05) is 24.3 Å². The number of carbonyl (C=O) groups is 1. The van der Waals surface area contributed by atoms with Crippen LogP contribution < -0.4 is 15.0 Å². The average Bonchev–Trinajstić information content (AvgIpc) is 3.55. The van der Waals surface area contributed by atoms with Gasteiger partial charge in [0.25, 0.3) is 0 Å². The molecule has 8 nitrogen and oxygen atoms in total. The van der Waals surface area contributed by atoms with Gasteiger partial charge in [-0.25, -0.2) is 14.5 Å². The van der Waals surface area contributed by atoms with Crippen molar-refractivity contribution in [3.63, 3.8) is 0 Å². The van der Waals surface area contributed by atoms with Crippen LogP contribution in [-0.4, -0.2) is 50.7 Å². The van der Waals surface area contributed by atoms with Gasteiger partial charge in [0.15, 0.2) is 11.0 Å². The highest BCUT2D eigenvalue weighted by Gasteiger charge is 2.39. The van der Waals surface area contributed by atoms with Crippen molar-refractivity contribution in [2.45, 2.75) is 45.0 Å². The Morgan fingerprint density at radius 3 is 2.58 bits per heavy atom. The molecule has 2 fully saturated rings. The number of hydrogen-bond donors (Lipinski definition) is 1. The summed E-state index contributed by atoms with van der Waals surface area (Å²) in [5.41, 5.74) is 5.87. The summed E-state index contributed by atoms with van der Waals surface area (Å²) in [5.74, 6) is 1.32. The van der Waals surface area contributed by atoms with E-state index in [4.69, 9.17) is 0 Å². The second-order valence-corrected chi connectivity index (χ2v) is 11.7. The van der Waals surface area contributed by atoms with Gasteiger partial charge in [-0.15, -0.1) is 18.3 Å². The molecule has 2 atom stereocenters. The number of aliphatic imine (C=N–C) groups is 1. The quantitative estimate of drug-likeness (QED) is 0.254. The first-order valence-corrected chi connectivity index (χ1v) is 14.9. The molecule has 2 amide bonds. The fraction of sp³-hybridized carbons (Fsp3) is 0.290. The molecule has 2 heterocycles. The Morgan fingerprint density at radius 2 is 1.84 bits per heavy atom. The van der Waals surface area contributed by atoms with Crippen LogP contribution in [0.25, 0.3) is 17.1 Å². The molecular weight excluding hydrogens is 577 g/mol. The highest BCUT2D eigenvalue weighted by atomic mass is 32.2. The number of anilines is 1. The van der Waals surface area contributed by atoms with Crippen molar-refractivity contribution >= 4 is 28.6 Å². The Hall–Kier alpha value is -4.32. The summed E-state index contributed by atoms with van der Waals surface area (Å²) in [6.45, 7) is 4.97. The molecule has 4 aromatic rings. The SMILES string of the molecule is Cc1ccc(C)c(N2CCCS/C2=N\C(=O)NC2CC2c2ccc(-c3ncn(-c4ccc(OC(F)(F)F)cc4)n3)cc2)c1. The molecule has 222 valence electrons. The number of amidine groups is 1. The summed E-state index contributed by atoms with van der Waals surface area (Å²) in [4.78, 5) is 23.8. The van der Waals surface area contributed by atoms with E-state index < -0.39 is 6.36 Å². The highest BCUT2D eigenvalue weighted by molar-refractivity contribution is 8.14. The van der Waals surface area contributed by atoms with Crippen molar-refractivity contribution in [2.75, 3.05) is 17.2 Å². The third kappa shape index (κ3) is 6.85. The molecule has 0 spiro atoms. The van der Waals surface area contributed by atoms with Crippen LogP contribution in [0.1, 0.15) is 35.4 Å². The number of amides is 2. The lowest BCUT2D eigenvalue weighted by atomic mass is 10.1. The first-order valence-electron chi connectivity index (χ1n) is 13.9. The molecule has 1 aliphatic carbocycles. The van der Waals surface area contributed by atoms with Gasteiger partial charge in [-0.2, -0.15) is 4.99 Å². The van der Waals surface area contributed by atoms with Gasteiger partial charge in [-0.05, 0) is 73.7 Å². The van der Waals surface area contributed by atoms with Gasteiger partial charge in [-0.1, -0.05) is 48.2 Å². The second-order valence-electron chi connectivity index (χ2n) is 10.6. The topological polar surface area (TPSA) is 84.6 Å². The Labute approximate surface area is 251 Å². The maximum atomic E-state index is 12.9. The molecule has 0 bridgehead atoms. The molecule has 12 heteroatoms. The van der Waals surface area contributed by atoms with Crippen LogP contribution in [0, 0.1) is 13.8 Å². The number of carbonyl (C=O) groups excluding carboxylic acids is 1. The van der Waals surface area contributed by atoms with Gasteiger partial charge >= 0.3 is 12.4 Å². The molecular formula is C31H29F3N6O2S. The van der Waals surface area contributed by atoms with Crippen LogP contribution in [0.15, 0.2) is 78.0 Å². The van der Waals surface area contributed by atoms with Gasteiger partial charge in [0.2, 0.25) is 0 Å². The predicted molar refractivity (Wildman–Crippen MR) is 161 cm³/mol. The maximum absolute atomic E-state index is 12.9. The van der Waals surface area contributed by atoms with E-state index in [0.29, 0.717) is 11.5 Å². The Morgan fingerprint density at radius 1 is 1.07 bits per heavy atom. The van der Waals surface area contributed by atoms with Gasteiger partial charge in [-0.3, -0.25) is 0 Å². The Kier molecular flexibility index (Phi) is 7.87. The first kappa shape index (κ1) is 28.8. The summed E-state index contributed by atoms with van der Waals surface area (Å²) in [7, 11) is 0. The van der Waals surface area contributed by atoms with Crippen molar-refractivity contribution < 1.29 is 22.7 Å². The number of hydrogen-bond acceptors (Lipinski definition) is 5. The number of benzene rings is 3. The van der Waals surface area contributed by atoms with E-state index in [9.17, 15) is 18.0 Å². The van der Waals surface area contributed by atoms with Crippen LogP contribution in [0.2, 0.25) is 0 Å². The highest BCUT2D eigenvalue weighted by Crippen LogP contribution is 2.41. The largest absolute Gasteiger partial charge is 0.573 e. The molecule has 1 aromatic heterocycles. The van der Waals surface area contributed by atoms with Gasteiger partial charge in [0.05, 0.1) is 5.69 Å². The number of nitrogens with zero attached hydrogens (tertiary/aromatic N) is 5. The lowest BCUT2D eigenvalue weighted by molar-refractivity contribution is -0.274. The van der Waals surface area contributed by atoms with E-state index in [0.717, 1.165) is 52.7 Å². The normalized spacial score (nSPS) is 19.4. The van der Waals surface area contributed by atoms with Crippen LogP contribution in [-0.2, 0) is 0 Å². The Bertz CT molecular complexity index is 1650. The average molecular weight is 607 g/mol. The first-order chi connectivity index (χ1) is 20.6. The summed E-state index contributed by atoms with van der Waals surface area (Å²) >= 11 is 1.61. The van der Waals surface area contributed by atoms with Crippen LogP contribution in [0.4, 0.5) is 23.7 Å². The molecule has 2 aliphatic rings. The molecule has 1 N–H and O–H groups in total. The maximum Gasteiger partial charge on any atom is 0.573 e. The summed E-state index contributed by atoms with van der Waals surface area (Å²) in [5, 5.41) is 8.26. The fourth-order valence-electron chi connectivity index (χ4n) is 5.09. The van der Waals surface area contributed by atoms with Gasteiger partial charge in [0.1, 0.15) is 12.1 Å². The van der Waals surface area contributed by atoms with Crippen molar-refractivity contribution in [3.05, 3.63) is 89.7 Å². The zero-order valence-electron chi connectivity index (χ0n) is 23.5. The molecule has 3 aromatic carbocycles. The molecule has 1 saturated carbocycles. The third-order valence-electron chi connectivity index (χ3n) is 7.36. The van der Waals surface area contributed by atoms with Crippen molar-refractivity contribution in [1.29, 1.82) is 0 Å². The van der Waals surface area contributed by atoms with E-state index in [1.165, 1.54) is 40.8 Å². The van der Waals surface area contributed by atoms with E-state index >= 15 is 0 Å². The zero-order valence-corrected chi connectivity index (χ0v) is 24.3. The molecule has 1 aliphatic heterocycles. The molecule has 1 saturated heterocycles. The molecule has 0 radical (unpaired) electrons. The van der Waals surface area contributed by atoms with Crippen LogP contribution >= 0.6 is 11.8 Å². The van der Waals surface area contributed by atoms with Gasteiger partial charge in [0, 0.05) is 35.5 Å². The predicted octanol–water partition coefficient (Wildman–Crippen LogP) is 7.01. The number of urea groups is 1. The number of ether oxygens (including phenoxy) is 1. The van der Waals surface area contributed by atoms with E-state index in [1.54, 1.807) is 11.8 Å². The number of rotatable bonds is 6. The summed E-state index contributed by atoms with van der Waals surface area (Å²) < 4.78 is 42.6. The lowest BCUT2D eigenvalue weighted by Gasteiger charge is -2.30. The Balaban J connectivity index is 1.07.